The van der Waals surface area contributed by atoms with E-state index in [2.05, 4.69) is 52.7 Å². The minimum atomic E-state index is -0.802. The fourth-order valence-electron chi connectivity index (χ4n) is 4.72. The van der Waals surface area contributed by atoms with Crippen LogP contribution in [0, 0.1) is 13.8 Å². The van der Waals surface area contributed by atoms with E-state index in [1.54, 1.807) is 0 Å². The second kappa shape index (κ2) is 5.41. The van der Waals surface area contributed by atoms with Crippen LogP contribution in [0.1, 0.15) is 33.8 Å². The zero-order valence-corrected chi connectivity index (χ0v) is 15.7. The van der Waals surface area contributed by atoms with Gasteiger partial charge in [0, 0.05) is 53.8 Å². The lowest BCUT2D eigenvalue weighted by atomic mass is 9.76. The average molecular weight is 347 g/mol. The minimum absolute atomic E-state index is 0.614. The predicted octanol–water partition coefficient (Wildman–Crippen LogP) is 3.08. The smallest absolute Gasteiger partial charge is 0.115 e. The van der Waals surface area contributed by atoms with Crippen molar-refractivity contribution in [2.45, 2.75) is 45.4 Å². The lowest BCUT2D eigenvalue weighted by Crippen LogP contribution is -2.44. The van der Waals surface area contributed by atoms with Gasteiger partial charge in [-0.05, 0) is 44.7 Å². The van der Waals surface area contributed by atoms with Crippen molar-refractivity contribution in [3.63, 3.8) is 0 Å². The number of hydrogen-bond acceptors (Lipinski definition) is 3. The Balaban J connectivity index is 1.63. The largest absolute Gasteiger partial charge is 0.383 e. The molecule has 1 N–H and O–H groups in total. The van der Waals surface area contributed by atoms with Crippen molar-refractivity contribution in [1.29, 1.82) is 0 Å². The number of benzene rings is 1. The van der Waals surface area contributed by atoms with E-state index in [0.29, 0.717) is 13.0 Å². The fourth-order valence-corrected chi connectivity index (χ4v) is 4.72. The van der Waals surface area contributed by atoms with Crippen molar-refractivity contribution in [3.8, 4) is 0 Å². The van der Waals surface area contributed by atoms with Gasteiger partial charge in [0.2, 0.25) is 0 Å². The third-order valence-electron chi connectivity index (χ3n) is 6.09. The Hall–Kier alpha value is -2.17. The Morgan fingerprint density at radius 1 is 1.19 bits per heavy atom. The van der Waals surface area contributed by atoms with E-state index >= 15 is 0 Å². The van der Waals surface area contributed by atoms with Crippen LogP contribution >= 0.6 is 0 Å². The number of nitrogens with zero attached hydrogens (tertiary/aromatic N) is 3. The molecule has 0 saturated heterocycles. The Labute approximate surface area is 154 Å². The van der Waals surface area contributed by atoms with Gasteiger partial charge < -0.3 is 14.6 Å². The van der Waals surface area contributed by atoms with Crippen molar-refractivity contribution in [1.82, 2.24) is 14.5 Å². The Morgan fingerprint density at radius 2 is 2.04 bits per heavy atom. The molecular weight excluding hydrogens is 322 g/mol. The van der Waals surface area contributed by atoms with Gasteiger partial charge in [0.1, 0.15) is 5.60 Å². The Bertz CT molecular complexity index is 1040. The molecule has 4 nitrogen and oxygen atoms in total. The molecule has 1 unspecified atom stereocenters. The second-order valence-corrected chi connectivity index (χ2v) is 8.18. The summed E-state index contributed by atoms with van der Waals surface area (Å²) in [7, 11) is 2.19. The van der Waals surface area contributed by atoms with Crippen LogP contribution in [0.3, 0.4) is 0 Å². The zero-order chi connectivity index (χ0) is 18.1. The second-order valence-electron chi connectivity index (χ2n) is 8.18. The van der Waals surface area contributed by atoms with Crippen LogP contribution in [-0.4, -0.2) is 33.1 Å². The summed E-state index contributed by atoms with van der Waals surface area (Å²) in [5, 5.41) is 12.7. The van der Waals surface area contributed by atoms with Gasteiger partial charge >= 0.3 is 0 Å². The van der Waals surface area contributed by atoms with Crippen LogP contribution in [0.2, 0.25) is 0 Å². The molecular formula is C22H25N3O. The van der Waals surface area contributed by atoms with Gasteiger partial charge in [0.25, 0.3) is 0 Å². The third-order valence-corrected chi connectivity index (χ3v) is 6.09. The highest BCUT2D eigenvalue weighted by atomic mass is 16.3. The van der Waals surface area contributed by atoms with Crippen LogP contribution in [0.25, 0.3) is 10.9 Å². The zero-order valence-electron chi connectivity index (χ0n) is 15.7. The highest BCUT2D eigenvalue weighted by Crippen LogP contribution is 2.41. The molecule has 0 radical (unpaired) electrons. The number of rotatable bonds is 2. The van der Waals surface area contributed by atoms with E-state index in [4.69, 9.17) is 0 Å². The molecule has 0 spiro atoms. The van der Waals surface area contributed by atoms with Gasteiger partial charge in [-0.3, -0.25) is 4.98 Å². The topological polar surface area (TPSA) is 41.3 Å². The van der Waals surface area contributed by atoms with Crippen molar-refractivity contribution in [2.24, 2.45) is 0 Å². The van der Waals surface area contributed by atoms with Crippen molar-refractivity contribution < 1.29 is 5.11 Å². The van der Waals surface area contributed by atoms with Gasteiger partial charge in [0.05, 0.1) is 12.2 Å². The maximum atomic E-state index is 11.3. The molecule has 0 saturated carbocycles. The maximum absolute atomic E-state index is 11.3. The summed E-state index contributed by atoms with van der Waals surface area (Å²) >= 11 is 0. The predicted molar refractivity (Wildman–Crippen MR) is 103 cm³/mol. The first-order valence-corrected chi connectivity index (χ1v) is 9.43. The Kier molecular flexibility index (Phi) is 3.34. The van der Waals surface area contributed by atoms with Gasteiger partial charge in [-0.2, -0.15) is 0 Å². The SMILES string of the molecule is Cc1ccc2c(c1)c1c(n2CC2(O)Cc3nc(C)ccc32)CCN(C)C1. The van der Waals surface area contributed by atoms with Crippen LogP contribution in [0.4, 0.5) is 0 Å². The Morgan fingerprint density at radius 3 is 2.85 bits per heavy atom. The van der Waals surface area contributed by atoms with Crippen LogP contribution in [0.15, 0.2) is 30.3 Å². The standard InChI is InChI=1S/C22H25N3O/c1-14-4-7-20-16(10-14)17-12-24(3)9-8-21(17)25(20)13-22(26)11-19-18(22)6-5-15(2)23-19/h4-7,10,26H,8-9,11-13H2,1-3H3. The first-order chi connectivity index (χ1) is 12.4. The third kappa shape index (κ3) is 2.25. The molecule has 5 rings (SSSR count). The van der Waals surface area contributed by atoms with Gasteiger partial charge in [-0.1, -0.05) is 17.7 Å². The van der Waals surface area contributed by atoms with E-state index in [1.807, 2.05) is 13.0 Å². The van der Waals surface area contributed by atoms with E-state index in [1.165, 1.54) is 27.7 Å². The van der Waals surface area contributed by atoms with Crippen LogP contribution in [-0.2, 0) is 31.5 Å². The highest BCUT2D eigenvalue weighted by molar-refractivity contribution is 5.86. The molecule has 0 amide bonds. The summed E-state index contributed by atoms with van der Waals surface area (Å²) < 4.78 is 2.37. The summed E-state index contributed by atoms with van der Waals surface area (Å²) in [6.45, 7) is 6.82. The number of aliphatic hydroxyl groups is 1. The lowest BCUT2D eigenvalue weighted by Gasteiger charge is -2.39. The number of hydrogen-bond donors (Lipinski definition) is 1. The monoisotopic (exact) mass is 347 g/mol. The van der Waals surface area contributed by atoms with E-state index in [-0.39, 0.29) is 0 Å². The quantitative estimate of drug-likeness (QED) is 0.774. The van der Waals surface area contributed by atoms with Crippen molar-refractivity contribution in [2.75, 3.05) is 13.6 Å². The molecule has 3 heterocycles. The van der Waals surface area contributed by atoms with Crippen molar-refractivity contribution >= 4 is 10.9 Å². The van der Waals surface area contributed by atoms with E-state index in [9.17, 15) is 5.11 Å². The molecule has 1 aromatic carbocycles. The number of aromatic nitrogens is 2. The normalized spacial score (nSPS) is 22.2. The van der Waals surface area contributed by atoms with E-state index < -0.39 is 5.60 Å². The van der Waals surface area contributed by atoms with Gasteiger partial charge in [-0.25, -0.2) is 0 Å². The summed E-state index contributed by atoms with van der Waals surface area (Å²) in [5.41, 5.74) is 7.63. The average Bonchev–Trinajstić information content (AvgIpc) is 2.87. The molecule has 1 aliphatic carbocycles. The number of likely N-dealkylation sites (N-methyl/N-ethyl adjacent to an activating group) is 1. The highest BCUT2D eigenvalue weighted by Gasteiger charge is 2.43. The van der Waals surface area contributed by atoms with Crippen molar-refractivity contribution in [3.05, 3.63) is 64.1 Å². The summed E-state index contributed by atoms with van der Waals surface area (Å²) in [5.74, 6) is 0. The lowest BCUT2D eigenvalue weighted by molar-refractivity contribution is -0.00687. The van der Waals surface area contributed by atoms with Gasteiger partial charge in [0.15, 0.2) is 0 Å². The molecule has 4 heteroatoms. The number of pyridine rings is 1. The molecule has 26 heavy (non-hydrogen) atoms. The minimum Gasteiger partial charge on any atom is -0.383 e. The molecule has 0 bridgehead atoms. The van der Waals surface area contributed by atoms with Crippen LogP contribution < -0.4 is 0 Å². The number of fused-ring (bicyclic) bond motifs is 4. The first-order valence-electron chi connectivity index (χ1n) is 9.43. The first kappa shape index (κ1) is 16.0. The van der Waals surface area contributed by atoms with E-state index in [0.717, 1.165) is 36.5 Å². The number of aryl methyl sites for hydroxylation is 2. The molecule has 2 aromatic heterocycles. The molecule has 0 fully saturated rings. The molecule has 134 valence electrons. The summed E-state index contributed by atoms with van der Waals surface area (Å²) in [6.07, 6.45) is 1.68. The fraction of sp³-hybridized carbons (Fsp3) is 0.409. The molecule has 3 aromatic rings. The molecule has 1 atom stereocenters. The summed E-state index contributed by atoms with van der Waals surface area (Å²) in [4.78, 5) is 6.96. The maximum Gasteiger partial charge on any atom is 0.115 e. The molecule has 1 aliphatic heterocycles. The summed E-state index contributed by atoms with van der Waals surface area (Å²) in [6, 6.07) is 10.8. The van der Waals surface area contributed by atoms with Crippen LogP contribution in [0.5, 0.6) is 0 Å². The van der Waals surface area contributed by atoms with Gasteiger partial charge in [-0.15, -0.1) is 0 Å². The molecule has 2 aliphatic rings.